The minimum absolute atomic E-state index is 0.770. The third-order valence-corrected chi connectivity index (χ3v) is 4.58. The van der Waals surface area contributed by atoms with Crippen molar-refractivity contribution < 1.29 is 0 Å². The Hall–Kier alpha value is -1.13. The second-order valence-electron chi connectivity index (χ2n) is 5.14. The summed E-state index contributed by atoms with van der Waals surface area (Å²) in [4.78, 5) is 6.80. The van der Waals surface area contributed by atoms with E-state index in [1.807, 2.05) is 6.20 Å². The van der Waals surface area contributed by atoms with Crippen LogP contribution in [0.2, 0.25) is 0 Å². The van der Waals surface area contributed by atoms with E-state index in [-0.39, 0.29) is 0 Å². The Kier molecular flexibility index (Phi) is 3.48. The summed E-state index contributed by atoms with van der Waals surface area (Å²) in [5.41, 5.74) is 2.34. The van der Waals surface area contributed by atoms with Gasteiger partial charge >= 0.3 is 0 Å². The molecular formula is C14H19N3S. The Morgan fingerprint density at radius 3 is 3.33 bits per heavy atom. The molecule has 1 atom stereocenters. The van der Waals surface area contributed by atoms with Gasteiger partial charge < -0.3 is 10.2 Å². The Labute approximate surface area is 112 Å². The molecule has 3 heterocycles. The third kappa shape index (κ3) is 2.49. The zero-order valence-electron chi connectivity index (χ0n) is 10.7. The molecule has 1 unspecified atom stereocenters. The first kappa shape index (κ1) is 11.9. The Balaban J connectivity index is 1.67. The number of rotatable bonds is 3. The molecule has 2 aromatic rings. The second kappa shape index (κ2) is 5.24. The number of aromatic nitrogens is 1. The van der Waals surface area contributed by atoms with Crippen molar-refractivity contribution >= 4 is 27.2 Å². The van der Waals surface area contributed by atoms with Crippen LogP contribution >= 0.6 is 11.3 Å². The molecule has 0 radical (unpaired) electrons. The van der Waals surface area contributed by atoms with Gasteiger partial charge in [-0.2, -0.15) is 0 Å². The number of hydrogen-bond donors (Lipinski definition) is 1. The molecule has 1 N–H and O–H groups in total. The van der Waals surface area contributed by atoms with Crippen LogP contribution in [0.25, 0.3) is 10.2 Å². The fourth-order valence-corrected chi connectivity index (χ4v) is 3.55. The lowest BCUT2D eigenvalue weighted by molar-refractivity contribution is 0.217. The Morgan fingerprint density at radius 2 is 2.44 bits per heavy atom. The summed E-state index contributed by atoms with van der Waals surface area (Å²) in [6, 6.07) is 4.17. The third-order valence-electron chi connectivity index (χ3n) is 3.65. The van der Waals surface area contributed by atoms with Crippen molar-refractivity contribution in [1.82, 2.24) is 9.88 Å². The maximum atomic E-state index is 4.37. The van der Waals surface area contributed by atoms with Gasteiger partial charge in [-0.15, -0.1) is 11.3 Å². The van der Waals surface area contributed by atoms with Gasteiger partial charge in [0.2, 0.25) is 0 Å². The minimum Gasteiger partial charge on any atom is -0.383 e. The van der Waals surface area contributed by atoms with E-state index < -0.39 is 0 Å². The standard InChI is InChI=1S/C14H19N3S/c1-17-7-2-3-11(10-17)9-16-12-4-6-15-13-5-8-18-14(12)13/h4-6,8,11H,2-3,7,9-10H2,1H3,(H,15,16). The highest BCUT2D eigenvalue weighted by Crippen LogP contribution is 2.27. The predicted octanol–water partition coefficient (Wildman–Crippen LogP) is 3.05. The lowest BCUT2D eigenvalue weighted by Gasteiger charge is -2.30. The number of likely N-dealkylation sites (tertiary alicyclic amines) is 1. The summed E-state index contributed by atoms with van der Waals surface area (Å²) in [6.07, 6.45) is 4.56. The molecule has 1 saturated heterocycles. The van der Waals surface area contributed by atoms with E-state index in [2.05, 4.69) is 39.8 Å². The van der Waals surface area contributed by atoms with Crippen LogP contribution in [0.5, 0.6) is 0 Å². The van der Waals surface area contributed by atoms with Crippen LogP contribution in [-0.2, 0) is 0 Å². The lowest BCUT2D eigenvalue weighted by Crippen LogP contribution is -2.35. The van der Waals surface area contributed by atoms with Gasteiger partial charge in [-0.05, 0) is 49.9 Å². The molecule has 1 fully saturated rings. The minimum atomic E-state index is 0.770. The van der Waals surface area contributed by atoms with Crippen molar-refractivity contribution in [1.29, 1.82) is 0 Å². The van der Waals surface area contributed by atoms with E-state index in [0.717, 1.165) is 18.0 Å². The first-order valence-electron chi connectivity index (χ1n) is 6.57. The molecule has 2 aromatic heterocycles. The fraction of sp³-hybridized carbons (Fsp3) is 0.500. The van der Waals surface area contributed by atoms with Crippen LogP contribution in [0.1, 0.15) is 12.8 Å². The van der Waals surface area contributed by atoms with Crippen molar-refractivity contribution in [3.8, 4) is 0 Å². The van der Waals surface area contributed by atoms with E-state index in [4.69, 9.17) is 0 Å². The van der Waals surface area contributed by atoms with Crippen LogP contribution < -0.4 is 5.32 Å². The monoisotopic (exact) mass is 261 g/mol. The molecule has 4 heteroatoms. The number of nitrogens with zero attached hydrogens (tertiary/aromatic N) is 2. The normalized spacial score (nSPS) is 21.3. The van der Waals surface area contributed by atoms with Gasteiger partial charge in [0.25, 0.3) is 0 Å². The highest BCUT2D eigenvalue weighted by molar-refractivity contribution is 7.17. The summed E-state index contributed by atoms with van der Waals surface area (Å²) >= 11 is 1.77. The molecule has 0 bridgehead atoms. The van der Waals surface area contributed by atoms with Crippen molar-refractivity contribution in [3.63, 3.8) is 0 Å². The van der Waals surface area contributed by atoms with Crippen molar-refractivity contribution in [2.75, 3.05) is 32.0 Å². The molecule has 0 amide bonds. The maximum absolute atomic E-state index is 4.37. The zero-order valence-corrected chi connectivity index (χ0v) is 11.5. The Bertz CT molecular complexity index is 522. The highest BCUT2D eigenvalue weighted by atomic mass is 32.1. The summed E-state index contributed by atoms with van der Waals surface area (Å²) < 4.78 is 1.28. The maximum Gasteiger partial charge on any atom is 0.0830 e. The summed E-state index contributed by atoms with van der Waals surface area (Å²) in [5, 5.41) is 5.72. The number of piperidine rings is 1. The quantitative estimate of drug-likeness (QED) is 0.920. The van der Waals surface area contributed by atoms with Crippen molar-refractivity contribution in [3.05, 3.63) is 23.7 Å². The number of hydrogen-bond acceptors (Lipinski definition) is 4. The highest BCUT2D eigenvalue weighted by Gasteiger charge is 2.17. The van der Waals surface area contributed by atoms with Gasteiger partial charge in [0.1, 0.15) is 0 Å². The van der Waals surface area contributed by atoms with Gasteiger partial charge in [-0.25, -0.2) is 0 Å². The molecule has 18 heavy (non-hydrogen) atoms. The van der Waals surface area contributed by atoms with E-state index in [1.54, 1.807) is 11.3 Å². The van der Waals surface area contributed by atoms with Crippen LogP contribution in [0.15, 0.2) is 23.7 Å². The molecule has 3 rings (SSSR count). The van der Waals surface area contributed by atoms with E-state index in [0.29, 0.717) is 0 Å². The molecule has 0 spiro atoms. The first-order valence-corrected chi connectivity index (χ1v) is 7.45. The topological polar surface area (TPSA) is 28.2 Å². The Morgan fingerprint density at radius 1 is 1.50 bits per heavy atom. The number of thiophene rings is 1. The number of nitrogens with one attached hydrogen (secondary N) is 1. The van der Waals surface area contributed by atoms with Crippen LogP contribution in [0, 0.1) is 5.92 Å². The summed E-state index contributed by atoms with van der Waals surface area (Å²) in [6.45, 7) is 3.54. The van der Waals surface area contributed by atoms with Gasteiger partial charge in [0.15, 0.2) is 0 Å². The average molecular weight is 261 g/mol. The molecule has 1 aliphatic rings. The molecule has 0 saturated carbocycles. The van der Waals surface area contributed by atoms with E-state index in [9.17, 15) is 0 Å². The predicted molar refractivity (Wildman–Crippen MR) is 78.3 cm³/mol. The van der Waals surface area contributed by atoms with Crippen LogP contribution in [0.3, 0.4) is 0 Å². The average Bonchev–Trinajstić information content (AvgIpc) is 2.85. The van der Waals surface area contributed by atoms with Gasteiger partial charge in [0.05, 0.1) is 15.9 Å². The second-order valence-corrected chi connectivity index (χ2v) is 6.06. The van der Waals surface area contributed by atoms with Gasteiger partial charge in [-0.1, -0.05) is 0 Å². The number of pyridine rings is 1. The van der Waals surface area contributed by atoms with E-state index in [1.165, 1.54) is 36.3 Å². The van der Waals surface area contributed by atoms with Gasteiger partial charge in [0, 0.05) is 19.3 Å². The fourth-order valence-electron chi connectivity index (χ4n) is 2.71. The molecule has 96 valence electrons. The number of anilines is 1. The summed E-state index contributed by atoms with van der Waals surface area (Å²) in [5.74, 6) is 0.770. The molecule has 0 aliphatic carbocycles. The van der Waals surface area contributed by atoms with Crippen LogP contribution in [0.4, 0.5) is 5.69 Å². The van der Waals surface area contributed by atoms with E-state index >= 15 is 0 Å². The summed E-state index contributed by atoms with van der Waals surface area (Å²) in [7, 11) is 2.22. The van der Waals surface area contributed by atoms with Gasteiger partial charge in [-0.3, -0.25) is 4.98 Å². The number of fused-ring (bicyclic) bond motifs is 1. The van der Waals surface area contributed by atoms with Crippen LogP contribution in [-0.4, -0.2) is 36.6 Å². The largest absolute Gasteiger partial charge is 0.383 e. The smallest absolute Gasteiger partial charge is 0.0830 e. The SMILES string of the molecule is CN1CCCC(CNc2ccnc3ccsc23)C1. The first-order chi connectivity index (χ1) is 8.83. The van der Waals surface area contributed by atoms with Crippen molar-refractivity contribution in [2.24, 2.45) is 5.92 Å². The molecule has 3 nitrogen and oxygen atoms in total. The zero-order chi connectivity index (χ0) is 12.4. The molecule has 1 aliphatic heterocycles. The molecule has 0 aromatic carbocycles. The van der Waals surface area contributed by atoms with Crippen molar-refractivity contribution in [2.45, 2.75) is 12.8 Å². The lowest BCUT2D eigenvalue weighted by atomic mass is 9.98. The molecular weight excluding hydrogens is 242 g/mol.